The molecule has 1 amide bonds. The molecule has 0 saturated heterocycles. The Morgan fingerprint density at radius 3 is 2.50 bits per heavy atom. The lowest BCUT2D eigenvalue weighted by molar-refractivity contribution is 0.0954. The molecular weight excluding hydrogens is 278 g/mol. The molecule has 1 aromatic heterocycles. The number of rotatable bonds is 8. The number of carbonyl (C=O) groups is 1. The van der Waals surface area contributed by atoms with Gasteiger partial charge in [0.2, 0.25) is 0 Å². The third-order valence-electron chi connectivity index (χ3n) is 3.09. The number of hydrogen-bond acceptors (Lipinski definition) is 4. The van der Waals surface area contributed by atoms with E-state index in [-0.39, 0.29) is 5.91 Å². The third-order valence-corrected chi connectivity index (χ3v) is 3.09. The van der Waals surface area contributed by atoms with Crippen molar-refractivity contribution in [2.24, 2.45) is 0 Å². The SMILES string of the molecule is CCOc1ccc(CNCCNC(=O)c2ccncc2)cc1. The van der Waals surface area contributed by atoms with Crippen LogP contribution in [0.25, 0.3) is 0 Å². The third kappa shape index (κ3) is 5.18. The summed E-state index contributed by atoms with van der Waals surface area (Å²) in [7, 11) is 0. The Labute approximate surface area is 130 Å². The number of aromatic nitrogens is 1. The summed E-state index contributed by atoms with van der Waals surface area (Å²) >= 11 is 0. The normalized spacial score (nSPS) is 10.2. The lowest BCUT2D eigenvalue weighted by Gasteiger charge is -2.08. The first-order chi connectivity index (χ1) is 10.8. The molecule has 0 unspecified atom stereocenters. The topological polar surface area (TPSA) is 63.2 Å². The van der Waals surface area contributed by atoms with Crippen LogP contribution in [0.2, 0.25) is 0 Å². The molecule has 5 nitrogen and oxygen atoms in total. The van der Waals surface area contributed by atoms with Crippen LogP contribution in [0.4, 0.5) is 0 Å². The Bertz CT molecular complexity index is 570. The van der Waals surface area contributed by atoms with Crippen molar-refractivity contribution in [1.29, 1.82) is 0 Å². The van der Waals surface area contributed by atoms with Crippen LogP contribution in [-0.2, 0) is 6.54 Å². The maximum Gasteiger partial charge on any atom is 0.251 e. The molecule has 116 valence electrons. The first-order valence-corrected chi connectivity index (χ1v) is 7.40. The van der Waals surface area contributed by atoms with Crippen molar-refractivity contribution in [3.63, 3.8) is 0 Å². The molecular formula is C17H21N3O2. The number of benzene rings is 1. The predicted molar refractivity (Wildman–Crippen MR) is 85.9 cm³/mol. The number of nitrogens with one attached hydrogen (secondary N) is 2. The van der Waals surface area contributed by atoms with Gasteiger partial charge >= 0.3 is 0 Å². The van der Waals surface area contributed by atoms with Gasteiger partial charge in [-0.2, -0.15) is 0 Å². The van der Waals surface area contributed by atoms with Crippen molar-refractivity contribution in [3.05, 3.63) is 59.9 Å². The number of nitrogens with zero attached hydrogens (tertiary/aromatic N) is 1. The summed E-state index contributed by atoms with van der Waals surface area (Å²) in [5.41, 5.74) is 1.81. The van der Waals surface area contributed by atoms with Gasteiger partial charge in [-0.3, -0.25) is 9.78 Å². The van der Waals surface area contributed by atoms with Crippen LogP contribution in [-0.4, -0.2) is 30.6 Å². The Morgan fingerprint density at radius 1 is 1.09 bits per heavy atom. The van der Waals surface area contributed by atoms with Crippen LogP contribution >= 0.6 is 0 Å². The van der Waals surface area contributed by atoms with Crippen molar-refractivity contribution in [1.82, 2.24) is 15.6 Å². The zero-order chi connectivity index (χ0) is 15.6. The summed E-state index contributed by atoms with van der Waals surface area (Å²) in [6, 6.07) is 11.4. The highest BCUT2D eigenvalue weighted by Gasteiger charge is 2.02. The number of ether oxygens (including phenoxy) is 1. The second-order valence-electron chi connectivity index (χ2n) is 4.75. The van der Waals surface area contributed by atoms with Gasteiger partial charge in [-0.25, -0.2) is 0 Å². The second-order valence-corrected chi connectivity index (χ2v) is 4.75. The Kier molecular flexibility index (Phi) is 6.39. The minimum Gasteiger partial charge on any atom is -0.494 e. The standard InChI is InChI=1S/C17H21N3O2/c1-2-22-16-5-3-14(4-6-16)13-19-11-12-20-17(21)15-7-9-18-10-8-15/h3-10,19H,2,11-13H2,1H3,(H,20,21). The molecule has 0 radical (unpaired) electrons. The lowest BCUT2D eigenvalue weighted by atomic mass is 10.2. The summed E-state index contributed by atoms with van der Waals surface area (Å²) < 4.78 is 5.40. The second kappa shape index (κ2) is 8.79. The quantitative estimate of drug-likeness (QED) is 0.732. The summed E-state index contributed by atoms with van der Waals surface area (Å²) in [5.74, 6) is 0.807. The molecule has 0 spiro atoms. The summed E-state index contributed by atoms with van der Waals surface area (Å²) in [4.78, 5) is 15.7. The van der Waals surface area contributed by atoms with Gasteiger partial charge in [-0.05, 0) is 36.8 Å². The van der Waals surface area contributed by atoms with Gasteiger partial charge in [-0.1, -0.05) is 12.1 Å². The highest BCUT2D eigenvalue weighted by atomic mass is 16.5. The number of pyridine rings is 1. The fourth-order valence-electron chi connectivity index (χ4n) is 1.97. The molecule has 1 heterocycles. The predicted octanol–water partition coefficient (Wildman–Crippen LogP) is 2.00. The van der Waals surface area contributed by atoms with Crippen LogP contribution < -0.4 is 15.4 Å². The molecule has 1 aromatic carbocycles. The first-order valence-electron chi connectivity index (χ1n) is 7.40. The van der Waals surface area contributed by atoms with Gasteiger partial charge in [0, 0.05) is 37.6 Å². The van der Waals surface area contributed by atoms with Gasteiger partial charge < -0.3 is 15.4 Å². The summed E-state index contributed by atoms with van der Waals surface area (Å²) in [6.45, 7) is 4.70. The fourth-order valence-corrected chi connectivity index (χ4v) is 1.97. The van der Waals surface area contributed by atoms with Crippen molar-refractivity contribution in [2.75, 3.05) is 19.7 Å². The smallest absolute Gasteiger partial charge is 0.251 e. The van der Waals surface area contributed by atoms with E-state index in [4.69, 9.17) is 4.74 Å². The van der Waals surface area contributed by atoms with Crippen molar-refractivity contribution in [3.8, 4) is 5.75 Å². The average molecular weight is 299 g/mol. The van der Waals surface area contributed by atoms with E-state index in [0.717, 1.165) is 12.3 Å². The number of amides is 1. The Hall–Kier alpha value is -2.40. The molecule has 0 fully saturated rings. The van der Waals surface area contributed by atoms with Gasteiger partial charge in [0.25, 0.3) is 5.91 Å². The molecule has 0 atom stereocenters. The van der Waals surface area contributed by atoms with Crippen LogP contribution in [0.15, 0.2) is 48.8 Å². The summed E-state index contributed by atoms with van der Waals surface area (Å²) in [6.07, 6.45) is 3.22. The van der Waals surface area contributed by atoms with Crippen molar-refractivity contribution < 1.29 is 9.53 Å². The van der Waals surface area contributed by atoms with Crippen molar-refractivity contribution in [2.45, 2.75) is 13.5 Å². The molecule has 0 aliphatic carbocycles. The Balaban J connectivity index is 1.64. The van der Waals surface area contributed by atoms with E-state index in [1.165, 1.54) is 5.56 Å². The van der Waals surface area contributed by atoms with Crippen LogP contribution in [0.1, 0.15) is 22.8 Å². The van der Waals surface area contributed by atoms with Crippen LogP contribution in [0.3, 0.4) is 0 Å². The van der Waals surface area contributed by atoms with E-state index in [0.29, 0.717) is 25.3 Å². The van der Waals surface area contributed by atoms with E-state index in [1.54, 1.807) is 24.5 Å². The largest absolute Gasteiger partial charge is 0.494 e. The highest BCUT2D eigenvalue weighted by molar-refractivity contribution is 5.93. The van der Waals surface area contributed by atoms with Crippen molar-refractivity contribution >= 4 is 5.91 Å². The molecule has 2 rings (SSSR count). The fraction of sp³-hybridized carbons (Fsp3) is 0.294. The molecule has 2 aromatic rings. The molecule has 5 heteroatoms. The maximum atomic E-state index is 11.8. The van der Waals surface area contributed by atoms with Gasteiger partial charge in [0.15, 0.2) is 0 Å². The lowest BCUT2D eigenvalue weighted by Crippen LogP contribution is -2.31. The van der Waals surface area contributed by atoms with E-state index < -0.39 is 0 Å². The molecule has 22 heavy (non-hydrogen) atoms. The molecule has 2 N–H and O–H groups in total. The van der Waals surface area contributed by atoms with E-state index in [2.05, 4.69) is 15.6 Å². The monoisotopic (exact) mass is 299 g/mol. The number of hydrogen-bond donors (Lipinski definition) is 2. The zero-order valence-corrected chi connectivity index (χ0v) is 12.7. The van der Waals surface area contributed by atoms with Crippen LogP contribution in [0.5, 0.6) is 5.75 Å². The van der Waals surface area contributed by atoms with Gasteiger partial charge in [0.05, 0.1) is 6.61 Å². The first kappa shape index (κ1) is 16.0. The molecule has 0 aliphatic heterocycles. The highest BCUT2D eigenvalue weighted by Crippen LogP contribution is 2.11. The minimum atomic E-state index is -0.0785. The van der Waals surface area contributed by atoms with E-state index in [1.807, 2.05) is 31.2 Å². The zero-order valence-electron chi connectivity index (χ0n) is 12.7. The summed E-state index contributed by atoms with van der Waals surface area (Å²) in [5, 5.41) is 6.15. The number of carbonyl (C=O) groups excluding carboxylic acids is 1. The molecule has 0 aliphatic rings. The molecule has 0 bridgehead atoms. The van der Waals surface area contributed by atoms with Gasteiger partial charge in [-0.15, -0.1) is 0 Å². The molecule has 0 saturated carbocycles. The minimum absolute atomic E-state index is 0.0785. The van der Waals surface area contributed by atoms with Gasteiger partial charge in [0.1, 0.15) is 5.75 Å². The van der Waals surface area contributed by atoms with E-state index >= 15 is 0 Å². The van der Waals surface area contributed by atoms with E-state index in [9.17, 15) is 4.79 Å². The maximum absolute atomic E-state index is 11.8. The average Bonchev–Trinajstić information content (AvgIpc) is 2.57. The van der Waals surface area contributed by atoms with Crippen LogP contribution in [0, 0.1) is 0 Å². The Morgan fingerprint density at radius 2 is 1.82 bits per heavy atom.